The van der Waals surface area contributed by atoms with Crippen molar-refractivity contribution >= 4 is 23.8 Å². The number of para-hydroxylation sites is 2. The minimum absolute atomic E-state index is 0. The van der Waals surface area contributed by atoms with Crippen LogP contribution in [0.15, 0.2) is 58.5 Å². The van der Waals surface area contributed by atoms with Crippen LogP contribution in [0.4, 0.5) is 11.4 Å². The van der Waals surface area contributed by atoms with Crippen molar-refractivity contribution in [2.24, 2.45) is 9.98 Å². The molecule has 0 bridgehead atoms. The number of aromatic hydroxyl groups is 2. The van der Waals surface area contributed by atoms with E-state index >= 15 is 0 Å². The summed E-state index contributed by atoms with van der Waals surface area (Å²) in [7, 11) is 0. The molecule has 0 saturated heterocycles. The summed E-state index contributed by atoms with van der Waals surface area (Å²) in [5.41, 5.74) is 6.23. The molecule has 0 radical (unpaired) electrons. The Morgan fingerprint density at radius 2 is 0.829 bits per heavy atom. The van der Waals surface area contributed by atoms with Crippen molar-refractivity contribution in [3.63, 3.8) is 0 Å². The summed E-state index contributed by atoms with van der Waals surface area (Å²) in [5, 5.41) is 22.4. The third kappa shape index (κ3) is 8.41. The van der Waals surface area contributed by atoms with E-state index in [1.165, 1.54) is 0 Å². The molecule has 0 unspecified atom stereocenters. The molecule has 0 fully saturated rings. The third-order valence-electron chi connectivity index (χ3n) is 7.19. The molecule has 0 saturated carbocycles. The molecule has 4 nitrogen and oxygen atoms in total. The van der Waals surface area contributed by atoms with Crippen molar-refractivity contribution in [2.45, 2.75) is 105 Å². The number of aliphatic imine (C=N–C) groups is 2. The van der Waals surface area contributed by atoms with Crippen molar-refractivity contribution in [3.05, 3.63) is 81.9 Å². The van der Waals surface area contributed by atoms with E-state index in [1.807, 2.05) is 36.4 Å². The van der Waals surface area contributed by atoms with Gasteiger partial charge in [-0.05, 0) is 57.1 Å². The first-order valence-corrected chi connectivity index (χ1v) is 14.1. The van der Waals surface area contributed by atoms with E-state index in [9.17, 15) is 10.2 Å². The molecular weight excluding hydrogens is 687 g/mol. The van der Waals surface area contributed by atoms with Gasteiger partial charge in [0.1, 0.15) is 11.5 Å². The molecule has 0 aliphatic rings. The van der Waals surface area contributed by atoms with Gasteiger partial charge in [-0.25, -0.2) is 0 Å². The third-order valence-corrected chi connectivity index (χ3v) is 7.19. The van der Waals surface area contributed by atoms with Crippen LogP contribution in [0.5, 0.6) is 11.5 Å². The van der Waals surface area contributed by atoms with Crippen LogP contribution in [0.3, 0.4) is 0 Å². The minimum Gasteiger partial charge on any atom is -0.507 e. The van der Waals surface area contributed by atoms with E-state index in [4.69, 9.17) is 9.98 Å². The summed E-state index contributed by atoms with van der Waals surface area (Å²) in [6.45, 7) is 25.7. The van der Waals surface area contributed by atoms with Gasteiger partial charge in [0.2, 0.25) is 0 Å². The predicted molar refractivity (Wildman–Crippen MR) is 172 cm³/mol. The average molecular weight is 736 g/mol. The second kappa shape index (κ2) is 12.3. The fourth-order valence-corrected chi connectivity index (χ4v) is 4.48. The molecule has 0 atom stereocenters. The molecule has 3 aromatic carbocycles. The molecular formula is C36H48N2O2Pt. The first-order chi connectivity index (χ1) is 18.2. The van der Waals surface area contributed by atoms with Crippen LogP contribution in [0, 0.1) is 0 Å². The average Bonchev–Trinajstić information content (AvgIpc) is 2.80. The first-order valence-electron chi connectivity index (χ1n) is 14.1. The van der Waals surface area contributed by atoms with Gasteiger partial charge in [-0.2, -0.15) is 0 Å². The fourth-order valence-electron chi connectivity index (χ4n) is 4.48. The summed E-state index contributed by atoms with van der Waals surface area (Å²) in [6, 6.07) is 15.9. The minimum atomic E-state index is -0.217. The Labute approximate surface area is 262 Å². The van der Waals surface area contributed by atoms with Crippen LogP contribution in [-0.4, -0.2) is 22.6 Å². The Bertz CT molecular complexity index is 1330. The van der Waals surface area contributed by atoms with Gasteiger partial charge >= 0.3 is 0 Å². The number of benzene rings is 3. The number of hydrogen-bond donors (Lipinski definition) is 2. The molecule has 41 heavy (non-hydrogen) atoms. The Balaban J connectivity index is 0.00000588. The Kier molecular flexibility index (Phi) is 10.3. The summed E-state index contributed by atoms with van der Waals surface area (Å²) in [6.07, 6.45) is 3.45. The second-order valence-electron chi connectivity index (χ2n) is 14.9. The van der Waals surface area contributed by atoms with Crippen LogP contribution in [0.2, 0.25) is 0 Å². The first kappa shape index (κ1) is 34.5. The Morgan fingerprint density at radius 3 is 1.10 bits per heavy atom. The normalized spacial score (nSPS) is 13.2. The fraction of sp³-hybridized carbons (Fsp3) is 0.444. The van der Waals surface area contributed by atoms with Gasteiger partial charge in [-0.1, -0.05) is 107 Å². The van der Waals surface area contributed by atoms with Crippen LogP contribution in [0.1, 0.15) is 116 Å². The van der Waals surface area contributed by atoms with Crippen LogP contribution >= 0.6 is 0 Å². The van der Waals surface area contributed by atoms with Gasteiger partial charge in [0.15, 0.2) is 0 Å². The van der Waals surface area contributed by atoms with Crippen LogP contribution in [0.25, 0.3) is 0 Å². The van der Waals surface area contributed by atoms with E-state index < -0.39 is 0 Å². The maximum absolute atomic E-state index is 11.2. The maximum atomic E-state index is 11.2. The van der Waals surface area contributed by atoms with E-state index in [0.29, 0.717) is 22.5 Å². The van der Waals surface area contributed by atoms with Crippen molar-refractivity contribution in [1.82, 2.24) is 0 Å². The van der Waals surface area contributed by atoms with Gasteiger partial charge in [0, 0.05) is 55.7 Å². The molecule has 0 aliphatic carbocycles. The largest absolute Gasteiger partial charge is 0.507 e. The van der Waals surface area contributed by atoms with E-state index in [1.54, 1.807) is 12.4 Å². The monoisotopic (exact) mass is 735 g/mol. The molecule has 0 aliphatic heterocycles. The molecule has 0 spiro atoms. The molecule has 3 rings (SSSR count). The van der Waals surface area contributed by atoms with Gasteiger partial charge in [0.05, 0.1) is 11.4 Å². The number of hydrogen-bond acceptors (Lipinski definition) is 4. The van der Waals surface area contributed by atoms with Crippen molar-refractivity contribution in [3.8, 4) is 11.5 Å². The SMILES string of the molecule is CC(C)(C)c1cc(C=Nc2ccccc2N=Cc2cc(C(C)(C)C)cc(C(C)(C)C)c2O)c(O)c(C(C)(C)C)c1.[Pt]. The van der Waals surface area contributed by atoms with E-state index in [0.717, 1.165) is 22.3 Å². The predicted octanol–water partition coefficient (Wildman–Crippen LogP) is 9.79. The van der Waals surface area contributed by atoms with Gasteiger partial charge in [-0.15, -0.1) is 0 Å². The smallest absolute Gasteiger partial charge is 0.128 e. The number of rotatable bonds is 4. The summed E-state index contributed by atoms with van der Waals surface area (Å²) in [5.74, 6) is 0.507. The summed E-state index contributed by atoms with van der Waals surface area (Å²) >= 11 is 0. The molecule has 0 heterocycles. The van der Waals surface area contributed by atoms with Crippen molar-refractivity contribution < 1.29 is 31.3 Å². The van der Waals surface area contributed by atoms with Gasteiger partial charge < -0.3 is 10.2 Å². The number of nitrogens with zero attached hydrogens (tertiary/aromatic N) is 2. The number of phenols is 2. The summed E-state index contributed by atoms with van der Waals surface area (Å²) in [4.78, 5) is 9.54. The van der Waals surface area contributed by atoms with Gasteiger partial charge in [-0.3, -0.25) is 9.98 Å². The molecule has 3 aromatic rings. The van der Waals surface area contributed by atoms with Crippen LogP contribution in [-0.2, 0) is 42.7 Å². The van der Waals surface area contributed by atoms with Crippen molar-refractivity contribution in [1.29, 1.82) is 0 Å². The molecule has 5 heteroatoms. The molecule has 2 N–H and O–H groups in total. The second-order valence-corrected chi connectivity index (χ2v) is 14.9. The Morgan fingerprint density at radius 1 is 0.512 bits per heavy atom. The van der Waals surface area contributed by atoms with E-state index in [-0.39, 0.29) is 54.2 Å². The summed E-state index contributed by atoms with van der Waals surface area (Å²) < 4.78 is 0. The molecule has 0 aromatic heterocycles. The van der Waals surface area contributed by atoms with Crippen LogP contribution < -0.4 is 0 Å². The topological polar surface area (TPSA) is 65.2 Å². The zero-order valence-corrected chi connectivity index (χ0v) is 29.2. The zero-order valence-electron chi connectivity index (χ0n) is 26.9. The Hall–Kier alpha value is -2.71. The molecule has 224 valence electrons. The van der Waals surface area contributed by atoms with Gasteiger partial charge in [0.25, 0.3) is 0 Å². The standard InChI is InChI=1S/C36H48N2O2.Pt/c1-33(2,3)25-17-23(31(39)27(19-25)35(7,8)9)21-37-29-15-13-14-16-30(29)38-22-24-18-26(34(4,5)6)20-28(32(24)40)36(10,11)12;/h13-22,39-40H,1-12H3;. The maximum Gasteiger partial charge on any atom is 0.128 e. The zero-order chi connectivity index (χ0) is 30.3. The van der Waals surface area contributed by atoms with E-state index in [2.05, 4.69) is 95.2 Å². The number of phenolic OH excluding ortho intramolecular Hbond substituents is 2. The quantitative estimate of drug-likeness (QED) is 0.262. The molecule has 0 amide bonds. The van der Waals surface area contributed by atoms with Crippen molar-refractivity contribution in [2.75, 3.05) is 0 Å².